The number of ether oxygens (including phenoxy) is 1. The van der Waals surface area contributed by atoms with Crippen LogP contribution in [0.3, 0.4) is 0 Å². The lowest BCUT2D eigenvalue weighted by Gasteiger charge is -2.30. The lowest BCUT2D eigenvalue weighted by molar-refractivity contribution is -0.154. The van der Waals surface area contributed by atoms with E-state index in [1.807, 2.05) is 36.5 Å². The van der Waals surface area contributed by atoms with Crippen molar-refractivity contribution in [3.8, 4) is 16.3 Å². The molecule has 0 radical (unpaired) electrons. The van der Waals surface area contributed by atoms with Gasteiger partial charge in [-0.15, -0.1) is 11.3 Å². The van der Waals surface area contributed by atoms with Crippen LogP contribution in [-0.2, 0) is 9.53 Å². The number of hydrogen-bond donors (Lipinski definition) is 1. The van der Waals surface area contributed by atoms with E-state index in [9.17, 15) is 9.59 Å². The standard InChI is InChI=1S/C18H16N4O4S/c23-17(21-6-7-26-15(10-21)18(24)25)14-11-27-16(20-14)12-8-19-22(9-12)13-4-2-1-3-5-13/h1-5,8-9,11,15H,6-7,10H2,(H,24,25)/t15-/m1/s1. The number of aromatic nitrogens is 3. The summed E-state index contributed by atoms with van der Waals surface area (Å²) in [6.07, 6.45) is 2.57. The molecule has 27 heavy (non-hydrogen) atoms. The SMILES string of the molecule is O=C(O)[C@H]1CN(C(=O)c2csc(-c3cnn(-c4ccccc4)c3)n2)CCO1. The van der Waals surface area contributed by atoms with Gasteiger partial charge in [-0.3, -0.25) is 4.79 Å². The smallest absolute Gasteiger partial charge is 0.334 e. The Morgan fingerprint density at radius 1 is 1.26 bits per heavy atom. The molecule has 8 nitrogen and oxygen atoms in total. The highest BCUT2D eigenvalue weighted by Crippen LogP contribution is 2.25. The number of carbonyl (C=O) groups is 2. The van der Waals surface area contributed by atoms with Gasteiger partial charge >= 0.3 is 5.97 Å². The van der Waals surface area contributed by atoms with Crippen molar-refractivity contribution in [2.24, 2.45) is 0 Å². The topological polar surface area (TPSA) is 97.6 Å². The minimum Gasteiger partial charge on any atom is -0.479 e. The van der Waals surface area contributed by atoms with E-state index in [-0.39, 0.29) is 19.1 Å². The van der Waals surface area contributed by atoms with E-state index < -0.39 is 12.1 Å². The monoisotopic (exact) mass is 384 g/mol. The largest absolute Gasteiger partial charge is 0.479 e. The molecule has 138 valence electrons. The van der Waals surface area contributed by atoms with Gasteiger partial charge in [0, 0.05) is 23.7 Å². The van der Waals surface area contributed by atoms with Gasteiger partial charge in [0.1, 0.15) is 10.7 Å². The van der Waals surface area contributed by atoms with Crippen molar-refractivity contribution in [2.45, 2.75) is 6.10 Å². The van der Waals surface area contributed by atoms with Gasteiger partial charge in [0.2, 0.25) is 0 Å². The fraction of sp³-hybridized carbons (Fsp3) is 0.222. The third-order valence-electron chi connectivity index (χ3n) is 4.20. The molecule has 1 amide bonds. The van der Waals surface area contributed by atoms with Gasteiger partial charge in [0.15, 0.2) is 6.10 Å². The van der Waals surface area contributed by atoms with Crippen molar-refractivity contribution in [2.75, 3.05) is 19.7 Å². The summed E-state index contributed by atoms with van der Waals surface area (Å²) in [5, 5.41) is 15.8. The first-order valence-electron chi connectivity index (χ1n) is 8.31. The summed E-state index contributed by atoms with van der Waals surface area (Å²) in [6.45, 7) is 0.567. The zero-order chi connectivity index (χ0) is 18.8. The van der Waals surface area contributed by atoms with Gasteiger partial charge in [-0.2, -0.15) is 5.10 Å². The van der Waals surface area contributed by atoms with Crippen molar-refractivity contribution in [1.29, 1.82) is 0 Å². The van der Waals surface area contributed by atoms with Gasteiger partial charge in [0.25, 0.3) is 5.91 Å². The molecule has 0 spiro atoms. The predicted molar refractivity (Wildman–Crippen MR) is 98.0 cm³/mol. The summed E-state index contributed by atoms with van der Waals surface area (Å²) in [5.74, 6) is -1.36. The number of rotatable bonds is 4. The quantitative estimate of drug-likeness (QED) is 0.738. The molecule has 1 aliphatic rings. The van der Waals surface area contributed by atoms with Crippen LogP contribution in [0.15, 0.2) is 48.1 Å². The van der Waals surface area contributed by atoms with E-state index in [0.29, 0.717) is 17.2 Å². The van der Waals surface area contributed by atoms with Crippen LogP contribution in [-0.4, -0.2) is 62.4 Å². The lowest BCUT2D eigenvalue weighted by Crippen LogP contribution is -2.48. The number of morpholine rings is 1. The molecule has 0 bridgehead atoms. The molecule has 0 unspecified atom stereocenters. The molecule has 4 rings (SSSR count). The van der Waals surface area contributed by atoms with Gasteiger partial charge in [-0.05, 0) is 12.1 Å². The Balaban J connectivity index is 1.51. The molecule has 9 heteroatoms. The van der Waals surface area contributed by atoms with Crippen LogP contribution >= 0.6 is 11.3 Å². The number of carbonyl (C=O) groups excluding carboxylic acids is 1. The number of amides is 1. The molecule has 1 atom stereocenters. The summed E-state index contributed by atoms with van der Waals surface area (Å²) < 4.78 is 6.90. The number of para-hydroxylation sites is 1. The number of aliphatic carboxylic acids is 1. The maximum absolute atomic E-state index is 12.6. The van der Waals surface area contributed by atoms with Gasteiger partial charge in [-0.1, -0.05) is 18.2 Å². The van der Waals surface area contributed by atoms with Crippen LogP contribution in [0.1, 0.15) is 10.5 Å². The highest BCUT2D eigenvalue weighted by molar-refractivity contribution is 7.13. The highest BCUT2D eigenvalue weighted by atomic mass is 32.1. The van der Waals surface area contributed by atoms with Crippen molar-refractivity contribution >= 4 is 23.2 Å². The van der Waals surface area contributed by atoms with Crippen molar-refractivity contribution < 1.29 is 19.4 Å². The third kappa shape index (κ3) is 3.60. The van der Waals surface area contributed by atoms with Crippen LogP contribution in [0.4, 0.5) is 0 Å². The van der Waals surface area contributed by atoms with E-state index in [4.69, 9.17) is 9.84 Å². The molecule has 1 aromatic carbocycles. The molecule has 0 saturated carbocycles. The fourth-order valence-electron chi connectivity index (χ4n) is 2.80. The van der Waals surface area contributed by atoms with Crippen molar-refractivity contribution in [1.82, 2.24) is 19.7 Å². The molecule has 1 N–H and O–H groups in total. The first-order chi connectivity index (χ1) is 13.1. The average molecular weight is 384 g/mol. The molecule has 3 aromatic rings. The van der Waals surface area contributed by atoms with E-state index in [1.165, 1.54) is 16.2 Å². The average Bonchev–Trinajstić information content (AvgIpc) is 3.38. The molecule has 1 aliphatic heterocycles. The molecular weight excluding hydrogens is 368 g/mol. The van der Waals surface area contributed by atoms with E-state index in [2.05, 4.69) is 10.1 Å². The Labute approximate surface area is 158 Å². The normalized spacial score (nSPS) is 17.0. The maximum atomic E-state index is 12.6. The van der Waals surface area contributed by atoms with Gasteiger partial charge in [-0.25, -0.2) is 14.5 Å². The van der Waals surface area contributed by atoms with Gasteiger partial charge < -0.3 is 14.7 Å². The minimum atomic E-state index is -1.07. The zero-order valence-corrected chi connectivity index (χ0v) is 15.0. The van der Waals surface area contributed by atoms with Crippen LogP contribution in [0.2, 0.25) is 0 Å². The van der Waals surface area contributed by atoms with E-state index in [1.54, 1.807) is 16.3 Å². The predicted octanol–water partition coefficient (Wildman–Crippen LogP) is 1.92. The Morgan fingerprint density at radius 3 is 2.85 bits per heavy atom. The molecule has 1 saturated heterocycles. The summed E-state index contributed by atoms with van der Waals surface area (Å²) in [6, 6.07) is 9.70. The van der Waals surface area contributed by atoms with Crippen LogP contribution in [0.5, 0.6) is 0 Å². The number of nitrogens with zero attached hydrogens (tertiary/aromatic N) is 4. The zero-order valence-electron chi connectivity index (χ0n) is 14.2. The first kappa shape index (κ1) is 17.4. The molecular formula is C18H16N4O4S. The molecule has 0 aliphatic carbocycles. The van der Waals surface area contributed by atoms with Crippen LogP contribution in [0, 0.1) is 0 Å². The molecule has 3 heterocycles. The maximum Gasteiger partial charge on any atom is 0.334 e. The molecule has 2 aromatic heterocycles. The second-order valence-corrected chi connectivity index (χ2v) is 6.85. The molecule has 1 fully saturated rings. The minimum absolute atomic E-state index is 0.0208. The van der Waals surface area contributed by atoms with E-state index in [0.717, 1.165) is 11.3 Å². The Morgan fingerprint density at radius 2 is 2.07 bits per heavy atom. The number of benzene rings is 1. The Bertz CT molecular complexity index is 969. The van der Waals surface area contributed by atoms with Crippen LogP contribution in [0.25, 0.3) is 16.3 Å². The third-order valence-corrected chi connectivity index (χ3v) is 5.09. The van der Waals surface area contributed by atoms with Crippen molar-refractivity contribution in [3.63, 3.8) is 0 Å². The number of thiazole rings is 1. The summed E-state index contributed by atoms with van der Waals surface area (Å²) >= 11 is 1.35. The van der Waals surface area contributed by atoms with Crippen LogP contribution < -0.4 is 0 Å². The summed E-state index contributed by atoms with van der Waals surface area (Å²) in [5.41, 5.74) is 2.05. The number of carboxylic acids is 1. The van der Waals surface area contributed by atoms with Crippen molar-refractivity contribution in [3.05, 3.63) is 53.8 Å². The fourth-order valence-corrected chi connectivity index (χ4v) is 3.57. The second kappa shape index (κ2) is 7.29. The summed E-state index contributed by atoms with van der Waals surface area (Å²) in [7, 11) is 0. The Kier molecular flexibility index (Phi) is 4.69. The van der Waals surface area contributed by atoms with E-state index >= 15 is 0 Å². The number of hydrogen-bond acceptors (Lipinski definition) is 6. The van der Waals surface area contributed by atoms with Gasteiger partial charge in [0.05, 0.1) is 25.0 Å². The highest BCUT2D eigenvalue weighted by Gasteiger charge is 2.30. The summed E-state index contributed by atoms with van der Waals surface area (Å²) in [4.78, 5) is 29.6. The Hall–Kier alpha value is -3.04. The lowest BCUT2D eigenvalue weighted by atomic mass is 10.2. The first-order valence-corrected chi connectivity index (χ1v) is 9.19. The second-order valence-electron chi connectivity index (χ2n) is 6.00. The number of carboxylic acid groups (broad SMARTS) is 1.